The molecule has 4 N–H and O–H groups in total. The maximum atomic E-state index is 14.5. The highest BCUT2D eigenvalue weighted by atomic mass is 19.1. The van der Waals surface area contributed by atoms with E-state index in [1.54, 1.807) is 30.3 Å². The highest BCUT2D eigenvalue weighted by Gasteiger charge is 2.44. The molecule has 0 saturated heterocycles. The lowest BCUT2D eigenvalue weighted by Gasteiger charge is -2.28. The third kappa shape index (κ3) is 7.17. The van der Waals surface area contributed by atoms with Crippen LogP contribution in [0.15, 0.2) is 66.7 Å². The summed E-state index contributed by atoms with van der Waals surface area (Å²) in [5, 5.41) is 21.4. The number of aryl methyl sites for hydroxylation is 1. The topological polar surface area (TPSA) is 95.5 Å². The number of hydrogen-bond acceptors (Lipinski definition) is 6. The first kappa shape index (κ1) is 29.7. The zero-order valence-corrected chi connectivity index (χ0v) is 24.8. The molecule has 8 heteroatoms. The van der Waals surface area contributed by atoms with Gasteiger partial charge < -0.3 is 25.8 Å². The van der Waals surface area contributed by atoms with Gasteiger partial charge in [-0.2, -0.15) is 0 Å². The van der Waals surface area contributed by atoms with Crippen LogP contribution in [-0.2, 0) is 17.4 Å². The molecule has 0 unspecified atom stereocenters. The van der Waals surface area contributed by atoms with E-state index in [0.717, 1.165) is 18.4 Å². The van der Waals surface area contributed by atoms with Crippen molar-refractivity contribution in [1.82, 2.24) is 15.6 Å². The number of aromatic nitrogens is 1. The number of aliphatic hydroxyl groups is 1. The zero-order chi connectivity index (χ0) is 29.9. The predicted molar refractivity (Wildman–Crippen MR) is 164 cm³/mol. The van der Waals surface area contributed by atoms with Crippen molar-refractivity contribution >= 4 is 11.7 Å². The Balaban J connectivity index is 1.39. The Morgan fingerprint density at radius 2 is 1.95 bits per heavy atom. The van der Waals surface area contributed by atoms with Gasteiger partial charge in [-0.1, -0.05) is 57.2 Å². The largest absolute Gasteiger partial charge is 0.486 e. The minimum atomic E-state index is -0.908. The number of nitrogens with zero attached hydrogens (tertiary/aromatic N) is 1. The van der Waals surface area contributed by atoms with Gasteiger partial charge in [-0.3, -0.25) is 4.79 Å². The molecule has 2 aromatic carbocycles. The number of halogens is 1. The van der Waals surface area contributed by atoms with Crippen LogP contribution in [0.3, 0.4) is 0 Å². The van der Waals surface area contributed by atoms with Gasteiger partial charge >= 0.3 is 0 Å². The molecular weight excluding hydrogens is 531 g/mol. The van der Waals surface area contributed by atoms with E-state index in [1.807, 2.05) is 13.0 Å². The first-order valence-electron chi connectivity index (χ1n) is 14.7. The fourth-order valence-corrected chi connectivity index (χ4v) is 5.34. The Labute approximate surface area is 247 Å². The van der Waals surface area contributed by atoms with Crippen LogP contribution in [0.2, 0.25) is 0 Å². The number of rotatable bonds is 5. The van der Waals surface area contributed by atoms with Crippen LogP contribution in [0.4, 0.5) is 10.2 Å². The first-order chi connectivity index (χ1) is 20.0. The summed E-state index contributed by atoms with van der Waals surface area (Å²) in [6, 6.07) is 16.1. The molecule has 1 aliphatic heterocycles. The molecule has 0 spiro atoms. The molecule has 1 amide bonds. The molecule has 4 bridgehead atoms. The third-order valence-corrected chi connectivity index (χ3v) is 8.03. The Morgan fingerprint density at radius 3 is 2.71 bits per heavy atom. The fraction of sp³-hybridized carbons (Fsp3) is 0.412. The second-order valence-electron chi connectivity index (χ2n) is 12.5. The number of benzene rings is 2. The van der Waals surface area contributed by atoms with Gasteiger partial charge in [0, 0.05) is 29.9 Å². The molecule has 3 aromatic rings. The van der Waals surface area contributed by atoms with Gasteiger partial charge in [0.15, 0.2) is 11.6 Å². The molecule has 222 valence electrons. The lowest BCUT2D eigenvalue weighted by atomic mass is 9.85. The SMILES string of the molecule is Cc1cc2cc(n1)NCC=CCOc1cc(ccc1F)C[C@@H]([C@H](O)CNC1(c3cccc(C(C)(C)C)c3)CC1)NC2=O. The van der Waals surface area contributed by atoms with Crippen molar-refractivity contribution in [2.24, 2.45) is 0 Å². The number of carbonyl (C=O) groups is 1. The maximum absolute atomic E-state index is 14.5. The summed E-state index contributed by atoms with van der Waals surface area (Å²) in [4.78, 5) is 18.0. The summed E-state index contributed by atoms with van der Waals surface area (Å²) in [5.41, 5.74) is 4.22. The first-order valence-corrected chi connectivity index (χ1v) is 14.7. The number of amides is 1. The number of fused-ring (bicyclic) bond motifs is 4. The van der Waals surface area contributed by atoms with E-state index in [9.17, 15) is 14.3 Å². The Bertz CT molecular complexity index is 1460. The van der Waals surface area contributed by atoms with Gasteiger partial charge in [-0.05, 0) is 78.6 Å². The number of pyridine rings is 1. The summed E-state index contributed by atoms with van der Waals surface area (Å²) in [5.74, 6) is -0.0704. The van der Waals surface area contributed by atoms with Crippen molar-refractivity contribution in [1.29, 1.82) is 0 Å². The number of aliphatic hydroxyl groups excluding tert-OH is 1. The van der Waals surface area contributed by atoms with Crippen molar-refractivity contribution in [3.05, 3.63) is 101 Å². The smallest absolute Gasteiger partial charge is 0.251 e. The van der Waals surface area contributed by atoms with E-state index in [2.05, 4.69) is 66.0 Å². The lowest BCUT2D eigenvalue weighted by molar-refractivity contribution is 0.0822. The lowest BCUT2D eigenvalue weighted by Crippen LogP contribution is -2.50. The number of nitrogens with one attached hydrogen (secondary N) is 3. The average molecular weight is 573 g/mol. The monoisotopic (exact) mass is 572 g/mol. The summed E-state index contributed by atoms with van der Waals surface area (Å²) < 4.78 is 20.2. The molecule has 2 atom stereocenters. The van der Waals surface area contributed by atoms with Crippen LogP contribution in [0.5, 0.6) is 5.75 Å². The molecular formula is C34H41FN4O3. The Kier molecular flexibility index (Phi) is 8.66. The van der Waals surface area contributed by atoms with Crippen LogP contribution < -0.4 is 20.7 Å². The quantitative estimate of drug-likeness (QED) is 0.315. The molecule has 42 heavy (non-hydrogen) atoms. The summed E-state index contributed by atoms with van der Waals surface area (Å²) >= 11 is 0. The van der Waals surface area contributed by atoms with Gasteiger partial charge in [0.2, 0.25) is 0 Å². The van der Waals surface area contributed by atoms with Gasteiger partial charge in [-0.25, -0.2) is 9.37 Å². The minimum absolute atomic E-state index is 0.0360. The van der Waals surface area contributed by atoms with Gasteiger partial charge in [0.1, 0.15) is 12.4 Å². The normalized spacial score (nSPS) is 19.3. The van der Waals surface area contributed by atoms with Gasteiger partial charge in [0.25, 0.3) is 5.91 Å². The predicted octanol–water partition coefficient (Wildman–Crippen LogP) is 5.17. The van der Waals surface area contributed by atoms with Crippen molar-refractivity contribution in [2.45, 2.75) is 70.1 Å². The zero-order valence-electron chi connectivity index (χ0n) is 24.8. The number of ether oxygens (including phenoxy) is 1. The maximum Gasteiger partial charge on any atom is 0.251 e. The molecule has 1 fully saturated rings. The van der Waals surface area contributed by atoms with E-state index in [0.29, 0.717) is 30.0 Å². The van der Waals surface area contributed by atoms with Crippen LogP contribution in [-0.4, -0.2) is 47.8 Å². The van der Waals surface area contributed by atoms with E-state index >= 15 is 0 Å². The number of anilines is 1. The molecule has 1 saturated carbocycles. The number of hydrogen-bond donors (Lipinski definition) is 4. The minimum Gasteiger partial charge on any atom is -0.486 e. The van der Waals surface area contributed by atoms with E-state index in [1.165, 1.54) is 17.2 Å². The molecule has 1 aliphatic carbocycles. The van der Waals surface area contributed by atoms with E-state index in [-0.39, 0.29) is 35.8 Å². The van der Waals surface area contributed by atoms with E-state index in [4.69, 9.17) is 4.74 Å². The van der Waals surface area contributed by atoms with Crippen LogP contribution in [0.1, 0.15) is 66.4 Å². The molecule has 0 radical (unpaired) electrons. The summed E-state index contributed by atoms with van der Waals surface area (Å²) in [6.45, 7) is 9.40. The highest BCUT2D eigenvalue weighted by molar-refractivity contribution is 5.95. The van der Waals surface area contributed by atoms with Crippen LogP contribution in [0, 0.1) is 12.7 Å². The summed E-state index contributed by atoms with van der Waals surface area (Å²) in [6.07, 6.45) is 5.00. The van der Waals surface area contributed by atoms with Crippen molar-refractivity contribution < 1.29 is 19.0 Å². The molecule has 1 aromatic heterocycles. The molecule has 2 aliphatic rings. The van der Waals surface area contributed by atoms with Crippen molar-refractivity contribution in [2.75, 3.05) is 25.0 Å². The average Bonchev–Trinajstić information content (AvgIpc) is 3.75. The summed E-state index contributed by atoms with van der Waals surface area (Å²) in [7, 11) is 0. The highest BCUT2D eigenvalue weighted by Crippen LogP contribution is 2.46. The molecule has 5 rings (SSSR count). The number of carbonyl (C=O) groups excluding carboxylic acids is 1. The van der Waals surface area contributed by atoms with Crippen LogP contribution >= 0.6 is 0 Å². The van der Waals surface area contributed by atoms with Gasteiger partial charge in [0.05, 0.1) is 12.1 Å². The van der Waals surface area contributed by atoms with Crippen molar-refractivity contribution in [3.63, 3.8) is 0 Å². The van der Waals surface area contributed by atoms with Gasteiger partial charge in [-0.15, -0.1) is 0 Å². The van der Waals surface area contributed by atoms with E-state index < -0.39 is 18.0 Å². The third-order valence-electron chi connectivity index (χ3n) is 8.03. The second kappa shape index (κ2) is 12.2. The van der Waals surface area contributed by atoms with Crippen molar-refractivity contribution in [3.8, 4) is 5.75 Å². The second-order valence-corrected chi connectivity index (χ2v) is 12.5. The molecule has 7 nitrogen and oxygen atoms in total. The van der Waals surface area contributed by atoms with Crippen LogP contribution in [0.25, 0.3) is 0 Å². The Morgan fingerprint density at radius 1 is 1.14 bits per heavy atom. The Hall–Kier alpha value is -3.75. The standard InChI is InChI=1S/C34H41FN4O3/c1-22-16-24-19-31(38-22)36-14-5-6-15-42-30-18-23(10-11-27(30)35)17-28(39-32(24)41)29(40)21-37-34(12-13-34)26-9-7-8-25(20-26)33(2,3)4/h5-11,16,18-20,28-29,37,40H,12-15,17,21H2,1-4H3,(H,36,38)(H,39,41)/t28-,29+/m0/s1. The molecule has 2 heterocycles. The fourth-order valence-electron chi connectivity index (χ4n) is 5.34.